The second-order valence-corrected chi connectivity index (χ2v) is 16.6. The SMILES string of the molecule is c1ccc(C2=NC(c3ccc(-n4c5ccccc5c5ccc(-c6ccc7c(c6)c6ccccc6n7-c6ccccc6)cc54)cc3)=IC(c3ccccc3)=N2)cc1. The second kappa shape index (κ2) is 13.6. The predicted molar refractivity (Wildman–Crippen MR) is 245 cm³/mol. The molecule has 3 heterocycles. The van der Waals surface area contributed by atoms with Gasteiger partial charge in [-0.15, -0.1) is 0 Å². The van der Waals surface area contributed by atoms with Crippen molar-refractivity contribution < 1.29 is 0 Å². The molecule has 0 atom stereocenters. The van der Waals surface area contributed by atoms with Gasteiger partial charge in [0.25, 0.3) is 0 Å². The summed E-state index contributed by atoms with van der Waals surface area (Å²) in [5, 5.41) is 4.99. The van der Waals surface area contributed by atoms with Crippen LogP contribution in [0.15, 0.2) is 210 Å². The molecule has 11 rings (SSSR count). The third-order valence-electron chi connectivity index (χ3n) is 10.7. The van der Waals surface area contributed by atoms with E-state index < -0.39 is 20.7 Å². The van der Waals surface area contributed by atoms with Crippen molar-refractivity contribution in [3.8, 4) is 22.5 Å². The van der Waals surface area contributed by atoms with E-state index in [1.807, 2.05) is 18.2 Å². The van der Waals surface area contributed by atoms with E-state index in [0.717, 1.165) is 30.0 Å². The zero-order chi connectivity index (χ0) is 37.0. The standard InChI is InChI=1S/C51H33IN4/c1-4-14-34(15-5-1)49-52-50(54-51(53-49)36-16-6-2-7-17-36)35-24-28-40(29-25-35)56-45-22-12-10-20-41(45)43-30-26-38(33-48(43)56)37-27-31-47-44(32-37)42-21-11-13-23-46(42)55(47)39-18-8-3-9-19-39/h1-33H. The monoisotopic (exact) mass is 828 g/mol. The van der Waals surface area contributed by atoms with E-state index in [1.54, 1.807) is 0 Å². The maximum atomic E-state index is 5.18. The Hall–Kier alpha value is -6.70. The van der Waals surface area contributed by atoms with Crippen LogP contribution >= 0.6 is 20.7 Å². The summed E-state index contributed by atoms with van der Waals surface area (Å²) in [5.41, 5.74) is 12.8. The van der Waals surface area contributed by atoms with Gasteiger partial charge in [-0.2, -0.15) is 0 Å². The zero-order valence-electron chi connectivity index (χ0n) is 30.2. The Morgan fingerprint density at radius 3 is 1.54 bits per heavy atom. The molecule has 10 aromatic rings. The van der Waals surface area contributed by atoms with Gasteiger partial charge in [-0.25, -0.2) is 9.98 Å². The highest BCUT2D eigenvalue weighted by Crippen LogP contribution is 2.38. The lowest BCUT2D eigenvalue weighted by Gasteiger charge is -2.14. The first-order chi connectivity index (χ1) is 27.8. The molecule has 1 aliphatic heterocycles. The van der Waals surface area contributed by atoms with Gasteiger partial charge < -0.3 is 9.13 Å². The summed E-state index contributed by atoms with van der Waals surface area (Å²) in [5.74, 6) is 0.771. The molecular formula is C51H33IN4. The molecule has 0 aliphatic carbocycles. The van der Waals surface area contributed by atoms with E-state index in [4.69, 9.17) is 9.98 Å². The van der Waals surface area contributed by atoms with Gasteiger partial charge in [0, 0.05) is 49.6 Å². The fourth-order valence-corrected chi connectivity index (χ4v) is 10.6. The number of amidine groups is 1. The van der Waals surface area contributed by atoms with E-state index >= 15 is 0 Å². The molecule has 0 spiro atoms. The molecule has 0 unspecified atom stereocenters. The Balaban J connectivity index is 1.02. The Labute approximate surface area is 334 Å². The molecule has 1 aliphatic rings. The van der Waals surface area contributed by atoms with Crippen LogP contribution in [0.2, 0.25) is 0 Å². The average Bonchev–Trinajstić information content (AvgIpc) is 3.79. The van der Waals surface area contributed by atoms with E-state index in [2.05, 4.69) is 191 Å². The summed E-state index contributed by atoms with van der Waals surface area (Å²) in [6.45, 7) is 0. The largest absolute Gasteiger partial charge is 0.309 e. The Morgan fingerprint density at radius 1 is 0.321 bits per heavy atom. The molecule has 0 saturated heterocycles. The van der Waals surface area contributed by atoms with Crippen molar-refractivity contribution >= 4 is 77.5 Å². The van der Waals surface area contributed by atoms with E-state index in [0.29, 0.717) is 0 Å². The number of benzene rings is 8. The smallest absolute Gasteiger partial charge is 0.161 e. The minimum absolute atomic E-state index is 0.604. The third kappa shape index (κ3) is 5.54. The van der Waals surface area contributed by atoms with Crippen LogP contribution in [0.1, 0.15) is 16.7 Å². The first kappa shape index (κ1) is 32.7. The van der Waals surface area contributed by atoms with Crippen LogP contribution in [0.3, 0.4) is 0 Å². The number of halogens is 1. The first-order valence-corrected chi connectivity index (χ1v) is 21.0. The number of rotatable bonds is 6. The number of aliphatic imine (C=N–C) groups is 2. The number of para-hydroxylation sites is 3. The van der Waals surface area contributed by atoms with Crippen molar-refractivity contribution in [3.63, 3.8) is 0 Å². The van der Waals surface area contributed by atoms with Crippen molar-refractivity contribution in [2.45, 2.75) is 0 Å². The fourth-order valence-electron chi connectivity index (χ4n) is 8.05. The number of fused-ring (bicyclic) bond motifs is 6. The zero-order valence-corrected chi connectivity index (χ0v) is 32.4. The molecule has 5 heteroatoms. The molecule has 56 heavy (non-hydrogen) atoms. The summed E-state index contributed by atoms with van der Waals surface area (Å²) in [4.78, 5) is 10.3. The van der Waals surface area contributed by atoms with Gasteiger partial charge in [0.2, 0.25) is 0 Å². The minimum atomic E-state index is -0.604. The van der Waals surface area contributed by atoms with Gasteiger partial charge in [0.1, 0.15) is 7.35 Å². The molecule has 0 saturated carbocycles. The van der Waals surface area contributed by atoms with Gasteiger partial charge in [-0.1, -0.05) is 146 Å². The van der Waals surface area contributed by atoms with Gasteiger partial charge >= 0.3 is 0 Å². The molecular weight excluding hydrogens is 795 g/mol. The van der Waals surface area contributed by atoms with Crippen molar-refractivity contribution in [2.75, 3.05) is 0 Å². The predicted octanol–water partition coefficient (Wildman–Crippen LogP) is 12.9. The van der Waals surface area contributed by atoms with Crippen LogP contribution in [0.4, 0.5) is 0 Å². The quantitative estimate of drug-likeness (QED) is 0.150. The van der Waals surface area contributed by atoms with Crippen LogP contribution in [0, 0.1) is 0 Å². The van der Waals surface area contributed by atoms with Crippen LogP contribution in [-0.2, 0) is 0 Å². The Bertz CT molecular complexity index is 3170. The number of hydrogen-bond acceptors (Lipinski definition) is 2. The molecule has 2 aromatic heterocycles. The highest BCUT2D eigenvalue weighted by atomic mass is 127. The summed E-state index contributed by atoms with van der Waals surface area (Å²) >= 11 is -0.604. The molecule has 0 fully saturated rings. The second-order valence-electron chi connectivity index (χ2n) is 14.0. The normalized spacial score (nSPS) is 13.1. The van der Waals surface area contributed by atoms with E-state index in [1.165, 1.54) is 66.0 Å². The summed E-state index contributed by atoms with van der Waals surface area (Å²) in [7, 11) is 0. The minimum Gasteiger partial charge on any atom is -0.309 e. The van der Waals surface area contributed by atoms with E-state index in [9.17, 15) is 0 Å². The fraction of sp³-hybridized carbons (Fsp3) is 0. The molecule has 0 amide bonds. The van der Waals surface area contributed by atoms with Crippen LogP contribution in [0.25, 0.3) is 66.1 Å². The highest BCUT2D eigenvalue weighted by Gasteiger charge is 2.18. The molecule has 4 nitrogen and oxygen atoms in total. The van der Waals surface area contributed by atoms with Crippen molar-refractivity contribution in [1.29, 1.82) is 0 Å². The van der Waals surface area contributed by atoms with Crippen LogP contribution < -0.4 is 0 Å². The lowest BCUT2D eigenvalue weighted by atomic mass is 10.0. The molecule has 0 bridgehead atoms. The van der Waals surface area contributed by atoms with Gasteiger partial charge in [-0.3, -0.25) is 0 Å². The molecule has 264 valence electrons. The van der Waals surface area contributed by atoms with Crippen molar-refractivity contribution in [2.24, 2.45) is 9.98 Å². The van der Waals surface area contributed by atoms with E-state index in [-0.39, 0.29) is 0 Å². The summed E-state index contributed by atoms with van der Waals surface area (Å²) < 4.78 is 7.04. The summed E-state index contributed by atoms with van der Waals surface area (Å²) in [6, 6.07) is 71.8. The van der Waals surface area contributed by atoms with Gasteiger partial charge in [0.05, 0.1) is 22.1 Å². The number of hydrogen-bond donors (Lipinski definition) is 0. The van der Waals surface area contributed by atoms with Gasteiger partial charge in [0.15, 0.2) is 5.84 Å². The maximum Gasteiger partial charge on any atom is 0.161 e. The highest BCUT2D eigenvalue weighted by molar-refractivity contribution is 14.2. The van der Waals surface area contributed by atoms with Gasteiger partial charge in [-0.05, 0) is 86.5 Å². The Kier molecular flexibility index (Phi) is 7.91. The Morgan fingerprint density at radius 2 is 0.821 bits per heavy atom. The molecule has 0 N–H and O–H groups in total. The van der Waals surface area contributed by atoms with Crippen molar-refractivity contribution in [1.82, 2.24) is 9.13 Å². The lowest BCUT2D eigenvalue weighted by Crippen LogP contribution is -2.11. The van der Waals surface area contributed by atoms with Crippen molar-refractivity contribution in [3.05, 3.63) is 217 Å². The average molecular weight is 829 g/mol. The molecule has 8 aromatic carbocycles. The summed E-state index contributed by atoms with van der Waals surface area (Å²) in [6.07, 6.45) is 0. The third-order valence-corrected chi connectivity index (χ3v) is 13.4. The topological polar surface area (TPSA) is 34.6 Å². The number of aromatic nitrogens is 2. The van der Waals surface area contributed by atoms with Crippen LogP contribution in [-0.4, -0.2) is 22.3 Å². The maximum absolute atomic E-state index is 5.18. The first-order valence-electron chi connectivity index (χ1n) is 18.8. The lowest BCUT2D eigenvalue weighted by molar-refractivity contribution is 1.18. The van der Waals surface area contributed by atoms with Crippen LogP contribution in [0.5, 0.6) is 0 Å². The molecule has 0 radical (unpaired) electrons. The number of nitrogens with zero attached hydrogens (tertiary/aromatic N) is 4.